The summed E-state index contributed by atoms with van der Waals surface area (Å²) >= 11 is 1.96. The molecule has 20 heavy (non-hydrogen) atoms. The molecule has 2 heterocycles. The van der Waals surface area contributed by atoms with E-state index in [1.807, 2.05) is 11.8 Å². The second-order valence-electron chi connectivity index (χ2n) is 5.92. The summed E-state index contributed by atoms with van der Waals surface area (Å²) in [5.74, 6) is 2.62. The first-order valence-electron chi connectivity index (χ1n) is 7.82. The lowest BCUT2D eigenvalue weighted by molar-refractivity contribution is -0.146. The van der Waals surface area contributed by atoms with Crippen LogP contribution in [0.25, 0.3) is 0 Å². The largest absolute Gasteiger partial charge is 0.383 e. The molecule has 0 aromatic rings. The number of methoxy groups -OCH3 is 1. The number of rotatable bonds is 6. The number of ether oxygens (including phenoxy) is 1. The highest BCUT2D eigenvalue weighted by Gasteiger charge is 2.42. The van der Waals surface area contributed by atoms with Gasteiger partial charge in [0.1, 0.15) is 0 Å². The quantitative estimate of drug-likeness (QED) is 0.811. The van der Waals surface area contributed by atoms with E-state index in [1.165, 1.54) is 5.75 Å². The van der Waals surface area contributed by atoms with Crippen LogP contribution in [0.1, 0.15) is 32.6 Å². The van der Waals surface area contributed by atoms with E-state index in [0.29, 0.717) is 18.6 Å². The van der Waals surface area contributed by atoms with Crippen molar-refractivity contribution in [3.8, 4) is 0 Å². The average molecular weight is 300 g/mol. The highest BCUT2D eigenvalue weighted by Crippen LogP contribution is 2.34. The second-order valence-corrected chi connectivity index (χ2v) is 7.07. The highest BCUT2D eigenvalue weighted by molar-refractivity contribution is 7.99. The zero-order valence-corrected chi connectivity index (χ0v) is 13.6. The summed E-state index contributed by atoms with van der Waals surface area (Å²) < 4.78 is 5.22. The Morgan fingerprint density at radius 2 is 2.40 bits per heavy atom. The lowest BCUT2D eigenvalue weighted by Crippen LogP contribution is -2.55. The van der Waals surface area contributed by atoms with Gasteiger partial charge in [0.25, 0.3) is 0 Å². The number of hydrogen-bond donors (Lipinski definition) is 1. The van der Waals surface area contributed by atoms with Crippen LogP contribution < -0.4 is 5.32 Å². The minimum atomic E-state index is -0.181. The summed E-state index contributed by atoms with van der Waals surface area (Å²) in [5.41, 5.74) is -0.181. The monoisotopic (exact) mass is 300 g/mol. The van der Waals surface area contributed by atoms with Crippen molar-refractivity contribution in [2.75, 3.05) is 44.9 Å². The number of nitrogens with one attached hydrogen (secondary N) is 1. The van der Waals surface area contributed by atoms with Crippen molar-refractivity contribution in [2.45, 2.75) is 38.6 Å². The Kier molecular flexibility index (Phi) is 6.18. The van der Waals surface area contributed by atoms with Crippen molar-refractivity contribution >= 4 is 17.7 Å². The molecule has 116 valence electrons. The molecule has 0 aromatic heterocycles. The maximum Gasteiger partial charge on any atom is 0.230 e. The molecule has 0 spiro atoms. The number of carbonyl (C=O) groups excluding carboxylic acids is 1. The van der Waals surface area contributed by atoms with Crippen molar-refractivity contribution in [1.82, 2.24) is 10.2 Å². The minimum Gasteiger partial charge on any atom is -0.383 e. The molecule has 1 N–H and O–H groups in total. The molecular formula is C15H28N2O2S. The molecule has 2 aliphatic heterocycles. The third-order valence-electron chi connectivity index (χ3n) is 4.75. The molecule has 2 rings (SSSR count). The Morgan fingerprint density at radius 1 is 1.55 bits per heavy atom. The second kappa shape index (κ2) is 7.66. The summed E-state index contributed by atoms with van der Waals surface area (Å²) in [6.45, 7) is 5.42. The normalized spacial score (nSPS) is 30.4. The lowest BCUT2D eigenvalue weighted by Gasteiger charge is -2.41. The standard InChI is InChI=1S/C15H28N2O2S/c1-3-15(6-4-7-16-12-15)14(18)17(8-9-19-2)13-5-10-20-11-13/h13,16H,3-12H2,1-2H3. The average Bonchev–Trinajstić information content (AvgIpc) is 3.02. The van der Waals surface area contributed by atoms with E-state index in [9.17, 15) is 4.79 Å². The molecule has 0 aromatic carbocycles. The van der Waals surface area contributed by atoms with Gasteiger partial charge < -0.3 is 15.0 Å². The Labute approximate surface area is 127 Å². The van der Waals surface area contributed by atoms with Gasteiger partial charge in [-0.15, -0.1) is 0 Å². The third-order valence-corrected chi connectivity index (χ3v) is 5.89. The minimum absolute atomic E-state index is 0.181. The molecule has 2 saturated heterocycles. The van der Waals surface area contributed by atoms with Gasteiger partial charge in [0.2, 0.25) is 5.91 Å². The van der Waals surface area contributed by atoms with Crippen LogP contribution in [0, 0.1) is 5.41 Å². The summed E-state index contributed by atoms with van der Waals surface area (Å²) in [6.07, 6.45) is 4.20. The molecule has 1 amide bonds. The zero-order chi connectivity index (χ0) is 14.4. The Bertz CT molecular complexity index is 313. The van der Waals surface area contributed by atoms with E-state index < -0.39 is 0 Å². The highest BCUT2D eigenvalue weighted by atomic mass is 32.2. The Hall–Kier alpha value is -0.260. The summed E-state index contributed by atoms with van der Waals surface area (Å²) in [4.78, 5) is 15.3. The third kappa shape index (κ3) is 3.49. The number of piperidine rings is 1. The molecule has 0 radical (unpaired) electrons. The summed E-state index contributed by atoms with van der Waals surface area (Å²) in [7, 11) is 1.71. The van der Waals surface area contributed by atoms with Gasteiger partial charge in [-0.05, 0) is 38.0 Å². The Balaban J connectivity index is 2.10. The first-order chi connectivity index (χ1) is 9.73. The van der Waals surface area contributed by atoms with E-state index in [2.05, 4.69) is 17.1 Å². The molecule has 5 heteroatoms. The fraction of sp³-hybridized carbons (Fsp3) is 0.933. The van der Waals surface area contributed by atoms with Crippen LogP contribution >= 0.6 is 11.8 Å². The van der Waals surface area contributed by atoms with E-state index in [4.69, 9.17) is 4.74 Å². The first-order valence-corrected chi connectivity index (χ1v) is 8.97. The van der Waals surface area contributed by atoms with Gasteiger partial charge in [-0.2, -0.15) is 11.8 Å². The van der Waals surface area contributed by atoms with Gasteiger partial charge >= 0.3 is 0 Å². The van der Waals surface area contributed by atoms with Gasteiger partial charge in [0.15, 0.2) is 0 Å². The maximum atomic E-state index is 13.2. The van der Waals surface area contributed by atoms with Gasteiger partial charge in [-0.3, -0.25) is 4.79 Å². The maximum absolute atomic E-state index is 13.2. The van der Waals surface area contributed by atoms with E-state index in [0.717, 1.165) is 51.1 Å². The molecule has 2 atom stereocenters. The number of hydrogen-bond acceptors (Lipinski definition) is 4. The number of thioether (sulfide) groups is 1. The molecular weight excluding hydrogens is 272 g/mol. The molecule has 0 aliphatic carbocycles. The van der Waals surface area contributed by atoms with Crippen LogP contribution in [0.4, 0.5) is 0 Å². The van der Waals surface area contributed by atoms with Crippen molar-refractivity contribution in [2.24, 2.45) is 5.41 Å². The fourth-order valence-electron chi connectivity index (χ4n) is 3.32. The molecule has 0 saturated carbocycles. The van der Waals surface area contributed by atoms with Crippen molar-refractivity contribution < 1.29 is 9.53 Å². The first kappa shape index (κ1) is 16.1. The zero-order valence-electron chi connectivity index (χ0n) is 12.8. The van der Waals surface area contributed by atoms with Crippen LogP contribution in [0.3, 0.4) is 0 Å². The van der Waals surface area contributed by atoms with Crippen LogP contribution in [0.5, 0.6) is 0 Å². The summed E-state index contributed by atoms with van der Waals surface area (Å²) in [5, 5.41) is 3.43. The van der Waals surface area contributed by atoms with Crippen LogP contribution in [-0.4, -0.2) is 61.7 Å². The molecule has 2 aliphatic rings. The lowest BCUT2D eigenvalue weighted by atomic mass is 9.76. The Morgan fingerprint density at radius 3 is 2.95 bits per heavy atom. The predicted octanol–water partition coefficient (Wildman–Crippen LogP) is 1.75. The molecule has 4 nitrogen and oxygen atoms in total. The van der Waals surface area contributed by atoms with Gasteiger partial charge in [-0.25, -0.2) is 0 Å². The van der Waals surface area contributed by atoms with E-state index in [1.54, 1.807) is 7.11 Å². The van der Waals surface area contributed by atoms with E-state index in [-0.39, 0.29) is 5.41 Å². The van der Waals surface area contributed by atoms with Crippen molar-refractivity contribution in [1.29, 1.82) is 0 Å². The number of amides is 1. The van der Waals surface area contributed by atoms with Crippen LogP contribution in [0.15, 0.2) is 0 Å². The van der Waals surface area contributed by atoms with Crippen LogP contribution in [-0.2, 0) is 9.53 Å². The van der Waals surface area contributed by atoms with Crippen LogP contribution in [0.2, 0.25) is 0 Å². The molecule has 2 unspecified atom stereocenters. The summed E-state index contributed by atoms with van der Waals surface area (Å²) in [6, 6.07) is 0.410. The SMILES string of the molecule is CCC1(C(=O)N(CCOC)C2CCSC2)CCCNC1. The molecule has 0 bridgehead atoms. The number of carbonyl (C=O) groups is 1. The van der Waals surface area contributed by atoms with E-state index >= 15 is 0 Å². The van der Waals surface area contributed by atoms with Gasteiger partial charge in [-0.1, -0.05) is 6.92 Å². The van der Waals surface area contributed by atoms with Gasteiger partial charge in [0, 0.05) is 32.0 Å². The number of nitrogens with zero attached hydrogens (tertiary/aromatic N) is 1. The van der Waals surface area contributed by atoms with Crippen molar-refractivity contribution in [3.63, 3.8) is 0 Å². The topological polar surface area (TPSA) is 41.6 Å². The molecule has 2 fully saturated rings. The smallest absolute Gasteiger partial charge is 0.230 e. The van der Waals surface area contributed by atoms with Crippen molar-refractivity contribution in [3.05, 3.63) is 0 Å². The predicted molar refractivity (Wildman–Crippen MR) is 84.1 cm³/mol. The van der Waals surface area contributed by atoms with Gasteiger partial charge in [0.05, 0.1) is 12.0 Å². The fourth-order valence-corrected chi connectivity index (χ4v) is 4.54.